The topological polar surface area (TPSA) is 34.9 Å². The Balaban J connectivity index is 0.000000771. The molecular formula is C15H20N2O. The molecule has 18 heavy (non-hydrogen) atoms. The molecule has 0 aliphatic carbocycles. The van der Waals surface area contributed by atoms with Crippen molar-refractivity contribution in [3.05, 3.63) is 41.7 Å². The third-order valence-corrected chi connectivity index (χ3v) is 2.72. The van der Waals surface area contributed by atoms with E-state index in [0.29, 0.717) is 5.56 Å². The first-order chi connectivity index (χ1) is 8.65. The Labute approximate surface area is 108 Å². The Morgan fingerprint density at radius 3 is 2.61 bits per heavy atom. The minimum Gasteiger partial charge on any atom is -0.331 e. The number of carbonyl (C=O) groups is 1. The molecule has 3 heteroatoms. The van der Waals surface area contributed by atoms with Crippen LogP contribution in [0.5, 0.6) is 0 Å². The fraction of sp³-hybridized carbons (Fsp3) is 0.333. The van der Waals surface area contributed by atoms with Gasteiger partial charge in [0.05, 0.1) is 11.0 Å². The third kappa shape index (κ3) is 2.50. The third-order valence-electron chi connectivity index (χ3n) is 2.72. The summed E-state index contributed by atoms with van der Waals surface area (Å²) < 4.78 is 1.99. The summed E-state index contributed by atoms with van der Waals surface area (Å²) in [6, 6.07) is 5.68. The Morgan fingerprint density at radius 2 is 2.00 bits per heavy atom. The quantitative estimate of drug-likeness (QED) is 0.597. The molecule has 1 aromatic carbocycles. The van der Waals surface area contributed by atoms with Gasteiger partial charge >= 0.3 is 0 Å². The second-order valence-corrected chi connectivity index (χ2v) is 3.76. The van der Waals surface area contributed by atoms with Crippen LogP contribution in [0.25, 0.3) is 11.0 Å². The highest BCUT2D eigenvalue weighted by molar-refractivity contribution is 6.12. The van der Waals surface area contributed by atoms with Crippen LogP contribution in [0.2, 0.25) is 0 Å². The number of ketones is 1. The molecule has 0 amide bonds. The monoisotopic (exact) mass is 244 g/mol. The number of carbonyl (C=O) groups excluding carboxylic acids is 1. The van der Waals surface area contributed by atoms with E-state index in [1.54, 1.807) is 12.2 Å². The number of imidazole rings is 1. The molecular weight excluding hydrogens is 224 g/mol. The van der Waals surface area contributed by atoms with Crippen LogP contribution in [0.15, 0.2) is 30.4 Å². The molecule has 1 aromatic heterocycles. The van der Waals surface area contributed by atoms with Crippen molar-refractivity contribution in [3.63, 3.8) is 0 Å². The average Bonchev–Trinajstić information content (AvgIpc) is 2.68. The van der Waals surface area contributed by atoms with Gasteiger partial charge < -0.3 is 4.57 Å². The first kappa shape index (κ1) is 14.2. The van der Waals surface area contributed by atoms with Crippen molar-refractivity contribution in [1.29, 1.82) is 0 Å². The van der Waals surface area contributed by atoms with E-state index < -0.39 is 0 Å². The second-order valence-electron chi connectivity index (χ2n) is 3.76. The van der Waals surface area contributed by atoms with E-state index in [1.807, 2.05) is 57.5 Å². The summed E-state index contributed by atoms with van der Waals surface area (Å²) >= 11 is 0. The highest BCUT2D eigenvalue weighted by atomic mass is 16.1. The number of aryl methyl sites for hydroxylation is 2. The lowest BCUT2D eigenvalue weighted by molar-refractivity contribution is 0.104. The Morgan fingerprint density at radius 1 is 1.33 bits per heavy atom. The van der Waals surface area contributed by atoms with Gasteiger partial charge in [0.2, 0.25) is 0 Å². The Bertz CT molecular complexity index is 579. The summed E-state index contributed by atoms with van der Waals surface area (Å²) in [5.41, 5.74) is 2.44. The minimum atomic E-state index is 0.00574. The van der Waals surface area contributed by atoms with E-state index >= 15 is 0 Å². The number of fused-ring (bicyclic) bond motifs is 1. The van der Waals surface area contributed by atoms with Gasteiger partial charge in [0.15, 0.2) is 5.78 Å². The number of rotatable bonds is 2. The van der Waals surface area contributed by atoms with Crippen molar-refractivity contribution in [1.82, 2.24) is 9.55 Å². The van der Waals surface area contributed by atoms with E-state index in [2.05, 4.69) is 4.98 Å². The summed E-state index contributed by atoms with van der Waals surface area (Å²) in [5, 5.41) is 0. The molecule has 0 aliphatic rings. The SMILES string of the molecule is C/C=C/C(=O)c1cccc2c1nc(C)n2C.CC. The lowest BCUT2D eigenvalue weighted by atomic mass is 10.1. The van der Waals surface area contributed by atoms with E-state index in [4.69, 9.17) is 0 Å². The van der Waals surface area contributed by atoms with Gasteiger partial charge in [-0.1, -0.05) is 26.0 Å². The number of para-hydroxylation sites is 1. The van der Waals surface area contributed by atoms with Crippen molar-refractivity contribution in [2.45, 2.75) is 27.7 Å². The number of nitrogens with zero attached hydrogens (tertiary/aromatic N) is 2. The number of benzene rings is 1. The highest BCUT2D eigenvalue weighted by Gasteiger charge is 2.11. The van der Waals surface area contributed by atoms with Crippen molar-refractivity contribution in [3.8, 4) is 0 Å². The maximum absolute atomic E-state index is 11.8. The first-order valence-corrected chi connectivity index (χ1v) is 6.24. The molecule has 96 valence electrons. The van der Waals surface area contributed by atoms with Gasteiger partial charge in [-0.15, -0.1) is 0 Å². The molecule has 2 aromatic rings. The number of hydrogen-bond donors (Lipinski definition) is 0. The largest absolute Gasteiger partial charge is 0.331 e. The Kier molecular flexibility index (Phi) is 4.84. The molecule has 0 bridgehead atoms. The predicted octanol–water partition coefficient (Wildman–Crippen LogP) is 3.67. The van der Waals surface area contributed by atoms with E-state index in [9.17, 15) is 4.79 Å². The van der Waals surface area contributed by atoms with Crippen molar-refractivity contribution >= 4 is 16.8 Å². The lowest BCUT2D eigenvalue weighted by Crippen LogP contribution is -1.95. The zero-order valence-electron chi connectivity index (χ0n) is 11.7. The van der Waals surface area contributed by atoms with Crippen molar-refractivity contribution in [2.24, 2.45) is 7.05 Å². The average molecular weight is 244 g/mol. The van der Waals surface area contributed by atoms with E-state index in [-0.39, 0.29) is 5.78 Å². The van der Waals surface area contributed by atoms with Crippen LogP contribution in [0.4, 0.5) is 0 Å². The van der Waals surface area contributed by atoms with Crippen LogP contribution < -0.4 is 0 Å². The molecule has 1 heterocycles. The molecule has 0 fully saturated rings. The molecule has 2 rings (SSSR count). The molecule has 0 atom stereocenters. The molecule has 3 nitrogen and oxygen atoms in total. The number of allylic oxidation sites excluding steroid dienone is 2. The summed E-state index contributed by atoms with van der Waals surface area (Å²) in [7, 11) is 1.95. The van der Waals surface area contributed by atoms with Crippen LogP contribution in [0.1, 0.15) is 37.0 Å². The first-order valence-electron chi connectivity index (χ1n) is 6.24. The summed E-state index contributed by atoms with van der Waals surface area (Å²) in [6.07, 6.45) is 3.32. The fourth-order valence-electron chi connectivity index (χ4n) is 1.77. The normalized spacial score (nSPS) is 10.5. The van der Waals surface area contributed by atoms with Crippen LogP contribution >= 0.6 is 0 Å². The van der Waals surface area contributed by atoms with Gasteiger partial charge in [0.1, 0.15) is 5.82 Å². The summed E-state index contributed by atoms with van der Waals surface area (Å²) in [4.78, 5) is 16.3. The molecule has 0 spiro atoms. The minimum absolute atomic E-state index is 0.00574. The number of hydrogen-bond acceptors (Lipinski definition) is 2. The van der Waals surface area contributed by atoms with Gasteiger partial charge in [-0.05, 0) is 32.1 Å². The van der Waals surface area contributed by atoms with Crippen LogP contribution in [0, 0.1) is 6.92 Å². The van der Waals surface area contributed by atoms with Gasteiger partial charge in [-0.25, -0.2) is 4.98 Å². The van der Waals surface area contributed by atoms with Gasteiger partial charge in [0, 0.05) is 12.6 Å². The van der Waals surface area contributed by atoms with Crippen LogP contribution in [0.3, 0.4) is 0 Å². The smallest absolute Gasteiger partial charge is 0.187 e. The molecule has 0 N–H and O–H groups in total. The molecule has 0 radical (unpaired) electrons. The maximum atomic E-state index is 11.8. The second kappa shape index (κ2) is 6.15. The number of aromatic nitrogens is 2. The summed E-state index contributed by atoms with van der Waals surface area (Å²) in [5.74, 6) is 0.918. The van der Waals surface area contributed by atoms with Gasteiger partial charge in [-0.2, -0.15) is 0 Å². The maximum Gasteiger partial charge on any atom is 0.187 e. The zero-order chi connectivity index (χ0) is 13.7. The summed E-state index contributed by atoms with van der Waals surface area (Å²) in [6.45, 7) is 7.77. The van der Waals surface area contributed by atoms with Crippen LogP contribution in [-0.2, 0) is 7.05 Å². The zero-order valence-corrected chi connectivity index (χ0v) is 11.7. The van der Waals surface area contributed by atoms with Crippen molar-refractivity contribution < 1.29 is 4.79 Å². The van der Waals surface area contributed by atoms with Crippen LogP contribution in [-0.4, -0.2) is 15.3 Å². The standard InChI is InChI=1S/C13H14N2O.C2H6/c1-4-6-12(16)10-7-5-8-11-13(10)14-9(2)15(11)3;1-2/h4-8H,1-3H3;1-2H3/b6-4+;. The predicted molar refractivity (Wildman–Crippen MR) is 75.9 cm³/mol. The van der Waals surface area contributed by atoms with E-state index in [1.165, 1.54) is 0 Å². The Hall–Kier alpha value is -1.90. The van der Waals surface area contributed by atoms with E-state index in [0.717, 1.165) is 16.9 Å². The molecule has 0 unspecified atom stereocenters. The lowest BCUT2D eigenvalue weighted by Gasteiger charge is -1.98. The molecule has 0 saturated carbocycles. The van der Waals surface area contributed by atoms with Gasteiger partial charge in [-0.3, -0.25) is 4.79 Å². The van der Waals surface area contributed by atoms with Gasteiger partial charge in [0.25, 0.3) is 0 Å². The molecule has 0 aliphatic heterocycles. The molecule has 0 saturated heterocycles. The fourth-order valence-corrected chi connectivity index (χ4v) is 1.77. The van der Waals surface area contributed by atoms with Crippen molar-refractivity contribution in [2.75, 3.05) is 0 Å². The highest BCUT2D eigenvalue weighted by Crippen LogP contribution is 2.19.